The molecule has 3 N–H and O–H groups in total. The number of aromatic nitrogens is 2. The van der Waals surface area contributed by atoms with E-state index in [0.717, 1.165) is 11.5 Å². The molecule has 10 nitrogen and oxygen atoms in total. The highest BCUT2D eigenvalue weighted by Gasteiger charge is 2.55. The van der Waals surface area contributed by atoms with E-state index in [1.54, 1.807) is 12.1 Å². The number of alkyl halides is 1. The molecule has 1 amide bonds. The third-order valence-corrected chi connectivity index (χ3v) is 5.03. The van der Waals surface area contributed by atoms with Crippen molar-refractivity contribution < 1.29 is 33.6 Å². The van der Waals surface area contributed by atoms with Crippen LogP contribution in [-0.4, -0.2) is 63.4 Å². The molecule has 1 fully saturated rings. The van der Waals surface area contributed by atoms with Crippen molar-refractivity contribution in [3.63, 3.8) is 0 Å². The number of anilines is 1. The van der Waals surface area contributed by atoms with Gasteiger partial charge in [0.05, 0.1) is 6.61 Å². The minimum atomic E-state index is -2.32. The number of benzene rings is 1. The van der Waals surface area contributed by atoms with Crippen molar-refractivity contribution in [1.29, 1.82) is 0 Å². The van der Waals surface area contributed by atoms with Gasteiger partial charge in [-0.15, -0.1) is 0 Å². The van der Waals surface area contributed by atoms with E-state index in [2.05, 4.69) is 10.3 Å². The van der Waals surface area contributed by atoms with Gasteiger partial charge in [-0.3, -0.25) is 9.36 Å². The number of nitrogens with one attached hydrogen (secondary N) is 1. The number of nitrogens with zero attached hydrogens (tertiary/aromatic N) is 2. The summed E-state index contributed by atoms with van der Waals surface area (Å²) in [6.45, 7) is 1.27. The van der Waals surface area contributed by atoms with Gasteiger partial charge in [0, 0.05) is 11.8 Å². The molecule has 0 saturated carbocycles. The van der Waals surface area contributed by atoms with Gasteiger partial charge in [0.2, 0.25) is 0 Å². The van der Waals surface area contributed by atoms with E-state index in [1.165, 1.54) is 18.3 Å². The van der Waals surface area contributed by atoms with Crippen molar-refractivity contribution in [2.24, 2.45) is 0 Å². The molecule has 2 unspecified atom stereocenters. The van der Waals surface area contributed by atoms with Crippen molar-refractivity contribution in [1.82, 2.24) is 9.55 Å². The Kier molecular flexibility index (Phi) is 5.18. The van der Waals surface area contributed by atoms with Crippen LogP contribution in [0.3, 0.4) is 0 Å². The molecule has 1 saturated heterocycles. The highest BCUT2D eigenvalue weighted by Crippen LogP contribution is 2.40. The summed E-state index contributed by atoms with van der Waals surface area (Å²) in [5.74, 6) is 0.399. The number of aliphatic hydroxyl groups excluding tert-OH is 2. The summed E-state index contributed by atoms with van der Waals surface area (Å²) >= 11 is 0. The standard InChI is InChI=1S/C19H20FN3O7/c1-19(20)15(25)13(9-24)30-17(19)23-5-4-14(22-18(23)27)21-16(26)10-2-3-11-12(8-10)29-7-6-28-11/h2-5,8,13,15,17,24-25H,6-7,9H2,1H3,(H,21,22,26,27)/t13-,15-,17?,19?/m1/s1. The van der Waals surface area contributed by atoms with Crippen LogP contribution in [0.1, 0.15) is 23.5 Å². The molecule has 0 spiro atoms. The fourth-order valence-electron chi connectivity index (χ4n) is 3.40. The number of fused-ring (bicyclic) bond motifs is 1. The first-order valence-corrected chi connectivity index (χ1v) is 9.24. The first-order chi connectivity index (χ1) is 14.3. The quantitative estimate of drug-likeness (QED) is 0.640. The lowest BCUT2D eigenvalue weighted by atomic mass is 9.98. The number of ether oxygens (including phenoxy) is 3. The minimum Gasteiger partial charge on any atom is -0.486 e. The zero-order valence-corrected chi connectivity index (χ0v) is 15.9. The average molecular weight is 421 g/mol. The number of hydrogen-bond donors (Lipinski definition) is 3. The number of amides is 1. The Morgan fingerprint density at radius 1 is 1.33 bits per heavy atom. The maximum absolute atomic E-state index is 14.9. The van der Waals surface area contributed by atoms with Crippen LogP contribution in [0.25, 0.3) is 0 Å². The maximum Gasteiger partial charge on any atom is 0.351 e. The zero-order chi connectivity index (χ0) is 21.5. The molecule has 30 heavy (non-hydrogen) atoms. The van der Waals surface area contributed by atoms with Crippen molar-refractivity contribution in [2.75, 3.05) is 25.1 Å². The molecule has 2 aliphatic rings. The van der Waals surface area contributed by atoms with Crippen LogP contribution in [0, 0.1) is 0 Å². The van der Waals surface area contributed by atoms with Crippen LogP contribution in [0.5, 0.6) is 11.5 Å². The Hall–Kier alpha value is -3.02. The minimum absolute atomic E-state index is 0.0473. The lowest BCUT2D eigenvalue weighted by Crippen LogP contribution is -2.42. The smallest absolute Gasteiger partial charge is 0.351 e. The number of aliphatic hydroxyl groups is 2. The Morgan fingerprint density at radius 3 is 2.73 bits per heavy atom. The Balaban J connectivity index is 1.53. The molecule has 0 aliphatic carbocycles. The summed E-state index contributed by atoms with van der Waals surface area (Å²) in [5, 5.41) is 21.6. The van der Waals surface area contributed by atoms with Crippen molar-refractivity contribution in [2.45, 2.75) is 31.0 Å². The molecule has 0 bridgehead atoms. The van der Waals surface area contributed by atoms with Crippen LogP contribution >= 0.6 is 0 Å². The van der Waals surface area contributed by atoms with Crippen LogP contribution in [0.2, 0.25) is 0 Å². The molecular formula is C19H20FN3O7. The summed E-state index contributed by atoms with van der Waals surface area (Å²) < 4.78 is 31.9. The topological polar surface area (TPSA) is 132 Å². The van der Waals surface area contributed by atoms with Gasteiger partial charge in [0.25, 0.3) is 5.91 Å². The van der Waals surface area contributed by atoms with Gasteiger partial charge in [-0.05, 0) is 31.2 Å². The lowest BCUT2D eigenvalue weighted by molar-refractivity contribution is -0.0610. The highest BCUT2D eigenvalue weighted by atomic mass is 19.1. The van der Waals surface area contributed by atoms with Gasteiger partial charge in [0.1, 0.15) is 31.2 Å². The largest absolute Gasteiger partial charge is 0.486 e. The van der Waals surface area contributed by atoms with E-state index < -0.39 is 42.3 Å². The second-order valence-corrected chi connectivity index (χ2v) is 7.12. The fraction of sp³-hybridized carbons (Fsp3) is 0.421. The number of rotatable bonds is 4. The summed E-state index contributed by atoms with van der Waals surface area (Å²) in [6.07, 6.45) is -3.07. The molecule has 0 radical (unpaired) electrons. The molecule has 2 aromatic rings. The summed E-state index contributed by atoms with van der Waals surface area (Å²) in [7, 11) is 0. The number of carbonyl (C=O) groups is 1. The van der Waals surface area contributed by atoms with Crippen LogP contribution in [0.4, 0.5) is 10.2 Å². The monoisotopic (exact) mass is 421 g/mol. The van der Waals surface area contributed by atoms with Gasteiger partial charge in [-0.1, -0.05) is 0 Å². The molecule has 4 rings (SSSR count). The van der Waals surface area contributed by atoms with Gasteiger partial charge < -0.3 is 29.7 Å². The Bertz CT molecular complexity index is 1030. The first-order valence-electron chi connectivity index (χ1n) is 9.24. The predicted octanol–water partition coefficient (Wildman–Crippen LogP) is 0.246. The van der Waals surface area contributed by atoms with Crippen LogP contribution < -0.4 is 20.5 Å². The highest BCUT2D eigenvalue weighted by molar-refractivity contribution is 6.04. The number of hydrogen-bond acceptors (Lipinski definition) is 8. The summed E-state index contributed by atoms with van der Waals surface area (Å²) in [6, 6.07) is 5.97. The first kappa shape index (κ1) is 20.3. The van der Waals surface area contributed by atoms with E-state index in [4.69, 9.17) is 14.2 Å². The predicted molar refractivity (Wildman–Crippen MR) is 100 cm³/mol. The Labute approximate surface area is 169 Å². The fourth-order valence-corrected chi connectivity index (χ4v) is 3.40. The van der Waals surface area contributed by atoms with Gasteiger partial charge >= 0.3 is 5.69 Å². The molecule has 1 aromatic heterocycles. The molecule has 160 valence electrons. The van der Waals surface area contributed by atoms with Gasteiger partial charge in [-0.25, -0.2) is 9.18 Å². The van der Waals surface area contributed by atoms with E-state index >= 15 is 0 Å². The van der Waals surface area contributed by atoms with Crippen molar-refractivity contribution >= 4 is 11.7 Å². The molecule has 2 aliphatic heterocycles. The normalized spacial score (nSPS) is 27.7. The SMILES string of the molecule is CC1(F)C(n2ccc(NC(=O)c3ccc4c(c3)OCCO4)nc2=O)O[C@H](CO)[C@H]1O. The van der Waals surface area contributed by atoms with Crippen molar-refractivity contribution in [3.8, 4) is 11.5 Å². The maximum atomic E-state index is 14.9. The number of carbonyl (C=O) groups excluding carboxylic acids is 1. The van der Waals surface area contributed by atoms with Gasteiger partial charge in [-0.2, -0.15) is 4.98 Å². The van der Waals surface area contributed by atoms with Crippen molar-refractivity contribution in [3.05, 3.63) is 46.5 Å². The third-order valence-electron chi connectivity index (χ3n) is 5.03. The molecule has 1 aromatic carbocycles. The second kappa shape index (κ2) is 7.67. The Morgan fingerprint density at radius 2 is 2.07 bits per heavy atom. The molecule has 11 heteroatoms. The molecular weight excluding hydrogens is 401 g/mol. The molecule has 4 atom stereocenters. The second-order valence-electron chi connectivity index (χ2n) is 7.12. The van der Waals surface area contributed by atoms with E-state index in [0.29, 0.717) is 24.7 Å². The van der Waals surface area contributed by atoms with Gasteiger partial charge in [0.15, 0.2) is 23.4 Å². The number of halogens is 1. The third kappa shape index (κ3) is 3.51. The lowest BCUT2D eigenvalue weighted by Gasteiger charge is -2.24. The van der Waals surface area contributed by atoms with E-state index in [-0.39, 0.29) is 11.4 Å². The van der Waals surface area contributed by atoms with Crippen LogP contribution in [0.15, 0.2) is 35.3 Å². The average Bonchev–Trinajstić information content (AvgIpc) is 2.96. The summed E-state index contributed by atoms with van der Waals surface area (Å²) in [4.78, 5) is 28.6. The van der Waals surface area contributed by atoms with Crippen LogP contribution in [-0.2, 0) is 4.74 Å². The molecule has 3 heterocycles. The zero-order valence-electron chi connectivity index (χ0n) is 15.9. The summed E-state index contributed by atoms with van der Waals surface area (Å²) in [5.41, 5.74) is -2.95. The van der Waals surface area contributed by atoms with E-state index in [1.807, 2.05) is 0 Å². The van der Waals surface area contributed by atoms with E-state index in [9.17, 15) is 24.2 Å².